The molecule has 0 saturated heterocycles. The Morgan fingerprint density at radius 3 is 2.42 bits per heavy atom. The molecule has 1 aliphatic heterocycles. The number of benzene rings is 3. The van der Waals surface area contributed by atoms with Gasteiger partial charge in [0.1, 0.15) is 11.6 Å². The van der Waals surface area contributed by atoms with Crippen LogP contribution in [-0.2, 0) is 4.79 Å². The Kier molecular flexibility index (Phi) is 5.26. The number of halogens is 2. The van der Waals surface area contributed by atoms with Crippen LogP contribution in [0.25, 0.3) is 16.9 Å². The first-order valence-electron chi connectivity index (χ1n) is 9.71. The van der Waals surface area contributed by atoms with Gasteiger partial charge in [-0.15, -0.1) is 11.8 Å². The number of aromatic nitrogens is 2. The number of carbonyl (C=O) groups excluding carboxylic acids is 1. The van der Waals surface area contributed by atoms with Crippen LogP contribution in [0.4, 0.5) is 10.2 Å². The van der Waals surface area contributed by atoms with Crippen molar-refractivity contribution in [2.75, 3.05) is 11.1 Å². The lowest BCUT2D eigenvalue weighted by Crippen LogP contribution is -2.15. The molecule has 4 nitrogen and oxygen atoms in total. The van der Waals surface area contributed by atoms with Crippen molar-refractivity contribution in [2.24, 2.45) is 0 Å². The largest absolute Gasteiger partial charge is 0.310 e. The van der Waals surface area contributed by atoms with Crippen LogP contribution < -0.4 is 5.32 Å². The third-order valence-electron chi connectivity index (χ3n) is 5.11. The monoisotopic (exact) mass is 449 g/mol. The number of amides is 1. The van der Waals surface area contributed by atoms with Crippen molar-refractivity contribution in [3.05, 3.63) is 101 Å². The van der Waals surface area contributed by atoms with E-state index in [1.54, 1.807) is 16.8 Å². The minimum Gasteiger partial charge on any atom is -0.310 e. The van der Waals surface area contributed by atoms with Gasteiger partial charge in [-0.1, -0.05) is 41.9 Å². The summed E-state index contributed by atoms with van der Waals surface area (Å²) in [5.41, 5.74) is 4.21. The van der Waals surface area contributed by atoms with E-state index in [1.165, 1.54) is 23.9 Å². The van der Waals surface area contributed by atoms with Crippen molar-refractivity contribution in [2.45, 2.75) is 5.25 Å². The summed E-state index contributed by atoms with van der Waals surface area (Å²) in [7, 11) is 0. The molecule has 1 unspecified atom stereocenters. The molecule has 3 aromatic carbocycles. The van der Waals surface area contributed by atoms with E-state index in [0.29, 0.717) is 22.3 Å². The number of anilines is 1. The van der Waals surface area contributed by atoms with Crippen molar-refractivity contribution in [3.63, 3.8) is 0 Å². The summed E-state index contributed by atoms with van der Waals surface area (Å²) < 4.78 is 15.4. The van der Waals surface area contributed by atoms with E-state index >= 15 is 0 Å². The minimum atomic E-state index is -0.311. The van der Waals surface area contributed by atoms with Gasteiger partial charge in [-0.25, -0.2) is 9.07 Å². The van der Waals surface area contributed by atoms with Crippen molar-refractivity contribution in [1.29, 1.82) is 0 Å². The van der Waals surface area contributed by atoms with E-state index in [9.17, 15) is 9.18 Å². The maximum atomic E-state index is 13.6. The number of thioether (sulfide) groups is 1. The number of nitrogens with zero attached hydrogens (tertiary/aromatic N) is 2. The number of carbonyl (C=O) groups is 1. The summed E-state index contributed by atoms with van der Waals surface area (Å²) in [6, 6.07) is 23.5. The van der Waals surface area contributed by atoms with Crippen molar-refractivity contribution >= 4 is 35.1 Å². The lowest BCUT2D eigenvalue weighted by atomic mass is 10.00. The second kappa shape index (κ2) is 8.21. The van der Waals surface area contributed by atoms with Crippen LogP contribution in [-0.4, -0.2) is 21.4 Å². The van der Waals surface area contributed by atoms with Crippen LogP contribution in [0, 0.1) is 5.82 Å². The topological polar surface area (TPSA) is 46.9 Å². The Bertz CT molecular complexity index is 1240. The Morgan fingerprint density at radius 1 is 1.00 bits per heavy atom. The fourth-order valence-electron chi connectivity index (χ4n) is 3.69. The molecule has 1 atom stereocenters. The van der Waals surface area contributed by atoms with Gasteiger partial charge in [0.15, 0.2) is 0 Å². The van der Waals surface area contributed by atoms with Crippen LogP contribution in [0.1, 0.15) is 16.4 Å². The van der Waals surface area contributed by atoms with E-state index in [4.69, 9.17) is 16.7 Å². The fraction of sp³-hybridized carbons (Fsp3) is 0.0833. The van der Waals surface area contributed by atoms with E-state index in [2.05, 4.69) is 5.32 Å². The third-order valence-corrected chi connectivity index (χ3v) is 6.64. The number of fused-ring (bicyclic) bond motifs is 1. The van der Waals surface area contributed by atoms with Gasteiger partial charge >= 0.3 is 0 Å². The molecule has 0 bridgehead atoms. The van der Waals surface area contributed by atoms with Gasteiger partial charge in [0, 0.05) is 16.1 Å². The van der Waals surface area contributed by atoms with E-state index in [1.807, 2.05) is 54.6 Å². The zero-order valence-electron chi connectivity index (χ0n) is 16.3. The predicted molar refractivity (Wildman–Crippen MR) is 123 cm³/mol. The maximum absolute atomic E-state index is 13.6. The molecule has 1 aromatic heterocycles. The first-order chi connectivity index (χ1) is 15.1. The van der Waals surface area contributed by atoms with Gasteiger partial charge in [0.05, 0.1) is 22.4 Å². The summed E-state index contributed by atoms with van der Waals surface area (Å²) in [5, 5.41) is 8.41. The van der Waals surface area contributed by atoms with Gasteiger partial charge in [-0.2, -0.15) is 5.10 Å². The summed E-state index contributed by atoms with van der Waals surface area (Å²) in [5.74, 6) is 0.528. The number of hydrogen-bond acceptors (Lipinski definition) is 3. The Morgan fingerprint density at radius 2 is 1.71 bits per heavy atom. The molecule has 1 amide bonds. The van der Waals surface area contributed by atoms with E-state index in [0.717, 1.165) is 22.4 Å². The van der Waals surface area contributed by atoms with Crippen molar-refractivity contribution < 1.29 is 9.18 Å². The summed E-state index contributed by atoms with van der Waals surface area (Å²) in [6.07, 6.45) is 0. The second-order valence-corrected chi connectivity index (χ2v) is 8.69. The fourth-order valence-corrected chi connectivity index (χ4v) is 4.94. The first kappa shape index (κ1) is 19.8. The van der Waals surface area contributed by atoms with Crippen molar-refractivity contribution in [1.82, 2.24) is 9.78 Å². The van der Waals surface area contributed by atoms with Crippen LogP contribution in [0.2, 0.25) is 5.02 Å². The third kappa shape index (κ3) is 3.84. The number of hydrogen-bond donors (Lipinski definition) is 1. The molecular formula is C24H17ClFN3OS. The molecule has 7 heteroatoms. The van der Waals surface area contributed by atoms with Crippen LogP contribution in [0.15, 0.2) is 78.9 Å². The normalized spacial score (nSPS) is 15.8. The quantitative estimate of drug-likeness (QED) is 0.410. The summed E-state index contributed by atoms with van der Waals surface area (Å²) in [4.78, 5) is 12.6. The lowest BCUT2D eigenvalue weighted by Gasteiger charge is -2.16. The smallest absolute Gasteiger partial charge is 0.235 e. The molecule has 1 N–H and O–H groups in total. The standard InChI is InChI=1S/C24H17ClFN3OS/c25-17-10-6-16(7-11-17)23-21-22(15-8-12-18(26)13-9-15)28-29(19-4-2-1-3-5-19)24(21)27-20(30)14-31-23/h1-13,23H,14H2,(H,27,30). The first-order valence-corrected chi connectivity index (χ1v) is 11.1. The molecule has 1 aliphatic rings. The van der Waals surface area contributed by atoms with Gasteiger partial charge in [-0.3, -0.25) is 4.79 Å². The Balaban J connectivity index is 1.78. The highest BCUT2D eigenvalue weighted by molar-refractivity contribution is 8.00. The maximum Gasteiger partial charge on any atom is 0.235 e. The summed E-state index contributed by atoms with van der Waals surface area (Å²) in [6.45, 7) is 0. The number of nitrogens with one attached hydrogen (secondary N) is 1. The van der Waals surface area contributed by atoms with Gasteiger partial charge in [0.2, 0.25) is 5.91 Å². The van der Waals surface area contributed by atoms with Gasteiger partial charge in [0.25, 0.3) is 0 Å². The average molecular weight is 450 g/mol. The second-order valence-electron chi connectivity index (χ2n) is 7.16. The highest BCUT2D eigenvalue weighted by Gasteiger charge is 2.32. The molecule has 31 heavy (non-hydrogen) atoms. The number of para-hydroxylation sites is 1. The zero-order valence-corrected chi connectivity index (χ0v) is 17.8. The average Bonchev–Trinajstić information content (AvgIpc) is 3.06. The molecule has 154 valence electrons. The number of rotatable bonds is 3. The van der Waals surface area contributed by atoms with Crippen LogP contribution in [0.3, 0.4) is 0 Å². The lowest BCUT2D eigenvalue weighted by molar-refractivity contribution is -0.113. The molecule has 2 heterocycles. The van der Waals surface area contributed by atoms with Crippen molar-refractivity contribution in [3.8, 4) is 16.9 Å². The van der Waals surface area contributed by atoms with Crippen LogP contribution in [0.5, 0.6) is 0 Å². The molecule has 0 aliphatic carbocycles. The van der Waals surface area contributed by atoms with Gasteiger partial charge in [-0.05, 0) is 54.1 Å². The molecule has 0 fully saturated rings. The molecule has 5 rings (SSSR count). The van der Waals surface area contributed by atoms with Gasteiger partial charge < -0.3 is 5.32 Å². The molecule has 0 spiro atoms. The molecule has 4 aromatic rings. The SMILES string of the molecule is O=C1CSC(c2ccc(Cl)cc2)c2c(-c3ccc(F)cc3)nn(-c3ccccc3)c2N1. The zero-order chi connectivity index (χ0) is 21.4. The highest BCUT2D eigenvalue weighted by Crippen LogP contribution is 2.46. The predicted octanol–water partition coefficient (Wildman–Crippen LogP) is 6.11. The Labute approximate surface area is 188 Å². The molecule has 0 saturated carbocycles. The molecular weight excluding hydrogens is 433 g/mol. The van der Waals surface area contributed by atoms with Crippen LogP contribution >= 0.6 is 23.4 Å². The summed E-state index contributed by atoms with van der Waals surface area (Å²) >= 11 is 7.64. The Hall–Kier alpha value is -3.09. The molecule has 0 radical (unpaired) electrons. The van der Waals surface area contributed by atoms with E-state index in [-0.39, 0.29) is 17.0 Å². The van der Waals surface area contributed by atoms with E-state index < -0.39 is 0 Å². The minimum absolute atomic E-state index is 0.0922. The highest BCUT2D eigenvalue weighted by atomic mass is 35.5.